The lowest BCUT2D eigenvalue weighted by Crippen LogP contribution is -2.17. The van der Waals surface area contributed by atoms with Crippen LogP contribution in [0.3, 0.4) is 0 Å². The van der Waals surface area contributed by atoms with E-state index in [1.165, 1.54) is 24.3 Å². The predicted octanol–water partition coefficient (Wildman–Crippen LogP) is 5.00. The van der Waals surface area contributed by atoms with Gasteiger partial charge in [0.15, 0.2) is 0 Å². The summed E-state index contributed by atoms with van der Waals surface area (Å²) < 4.78 is 20.4. The lowest BCUT2D eigenvalue weighted by atomic mass is 10.1. The van der Waals surface area contributed by atoms with E-state index in [1.54, 1.807) is 13.3 Å². The molecule has 0 atom stereocenters. The first-order chi connectivity index (χ1) is 14.6. The number of aromatic nitrogens is 2. The number of nitrogens with zero attached hydrogens (tertiary/aromatic N) is 2. The minimum absolute atomic E-state index is 0.351. The van der Waals surface area contributed by atoms with Crippen molar-refractivity contribution in [3.63, 3.8) is 0 Å². The van der Waals surface area contributed by atoms with E-state index in [0.29, 0.717) is 18.1 Å². The predicted molar refractivity (Wildman–Crippen MR) is 114 cm³/mol. The highest BCUT2D eigenvalue weighted by Crippen LogP contribution is 2.26. The van der Waals surface area contributed by atoms with Crippen LogP contribution in [0.15, 0.2) is 85.1 Å². The number of nitrogens with one attached hydrogen (secondary N) is 1. The van der Waals surface area contributed by atoms with Crippen LogP contribution in [0.25, 0.3) is 11.3 Å². The second-order valence-corrected chi connectivity index (χ2v) is 6.73. The lowest BCUT2D eigenvalue weighted by molar-refractivity contribution is 0.102. The van der Waals surface area contributed by atoms with Crippen LogP contribution in [0, 0.1) is 5.82 Å². The fourth-order valence-corrected chi connectivity index (χ4v) is 3.17. The van der Waals surface area contributed by atoms with Gasteiger partial charge in [-0.25, -0.2) is 9.37 Å². The maximum absolute atomic E-state index is 13.2. The fraction of sp³-hybridized carbons (Fsp3) is 0.0833. The van der Waals surface area contributed by atoms with Crippen molar-refractivity contribution in [3.05, 3.63) is 102 Å². The minimum atomic E-state index is -0.390. The van der Waals surface area contributed by atoms with E-state index in [1.807, 2.05) is 59.2 Å². The van der Waals surface area contributed by atoms with Gasteiger partial charge in [0.1, 0.15) is 11.6 Å². The molecule has 0 radical (unpaired) electrons. The second kappa shape index (κ2) is 8.61. The third kappa shape index (κ3) is 4.22. The molecule has 1 aromatic heterocycles. The van der Waals surface area contributed by atoms with E-state index in [0.717, 1.165) is 22.6 Å². The molecular formula is C24H20FN3O2. The van der Waals surface area contributed by atoms with Gasteiger partial charge >= 0.3 is 0 Å². The highest BCUT2D eigenvalue weighted by Gasteiger charge is 2.16. The number of hydrogen-bond acceptors (Lipinski definition) is 3. The third-order valence-corrected chi connectivity index (χ3v) is 4.76. The van der Waals surface area contributed by atoms with Crippen molar-refractivity contribution in [1.82, 2.24) is 9.55 Å². The first kappa shape index (κ1) is 19.4. The molecule has 6 heteroatoms. The summed E-state index contributed by atoms with van der Waals surface area (Å²) >= 11 is 0. The summed E-state index contributed by atoms with van der Waals surface area (Å²) in [5.74, 6) is 0.437. The van der Waals surface area contributed by atoms with E-state index in [-0.39, 0.29) is 11.7 Å². The van der Waals surface area contributed by atoms with E-state index < -0.39 is 0 Å². The minimum Gasteiger partial charge on any atom is -0.497 e. The molecule has 0 spiro atoms. The molecule has 0 bridgehead atoms. The zero-order valence-corrected chi connectivity index (χ0v) is 16.4. The number of ether oxygens (including phenoxy) is 1. The highest BCUT2D eigenvalue weighted by molar-refractivity contribution is 6.03. The standard InChI is InChI=1S/C24H20FN3O2/c1-30-21-13-9-18(10-14-21)22-15-26-24(28(22)16-17-5-3-2-4-6-17)27-23(29)19-7-11-20(25)12-8-19/h2-15H,16H2,1H3,(H,26,27,29). The van der Waals surface area contributed by atoms with Crippen LogP contribution in [0.2, 0.25) is 0 Å². The molecule has 0 aliphatic heterocycles. The van der Waals surface area contributed by atoms with Crippen LogP contribution < -0.4 is 10.1 Å². The topological polar surface area (TPSA) is 56.1 Å². The summed E-state index contributed by atoms with van der Waals surface area (Å²) in [6.07, 6.45) is 1.73. The monoisotopic (exact) mass is 401 g/mol. The molecule has 5 nitrogen and oxygen atoms in total. The number of carbonyl (C=O) groups is 1. The number of imidazole rings is 1. The van der Waals surface area contributed by atoms with Gasteiger partial charge in [0.25, 0.3) is 5.91 Å². The third-order valence-electron chi connectivity index (χ3n) is 4.76. The summed E-state index contributed by atoms with van der Waals surface area (Å²) in [5.41, 5.74) is 3.23. The molecule has 0 unspecified atom stereocenters. The van der Waals surface area contributed by atoms with Crippen LogP contribution in [-0.4, -0.2) is 22.6 Å². The van der Waals surface area contributed by atoms with Crippen molar-refractivity contribution in [3.8, 4) is 17.0 Å². The Morgan fingerprint density at radius 2 is 1.70 bits per heavy atom. The van der Waals surface area contributed by atoms with Crippen LogP contribution in [0.1, 0.15) is 15.9 Å². The molecule has 0 fully saturated rings. The van der Waals surface area contributed by atoms with Gasteiger partial charge in [0, 0.05) is 11.1 Å². The summed E-state index contributed by atoms with van der Waals surface area (Å²) in [5, 5.41) is 2.85. The molecule has 0 aliphatic carbocycles. The van der Waals surface area contributed by atoms with Gasteiger partial charge < -0.3 is 9.30 Å². The number of rotatable bonds is 6. The van der Waals surface area contributed by atoms with Crippen molar-refractivity contribution in [1.29, 1.82) is 0 Å². The molecule has 1 amide bonds. The van der Waals surface area contributed by atoms with Crippen LogP contribution >= 0.6 is 0 Å². The zero-order chi connectivity index (χ0) is 20.9. The number of hydrogen-bond donors (Lipinski definition) is 1. The molecule has 4 aromatic rings. The Morgan fingerprint density at radius 1 is 1.00 bits per heavy atom. The molecule has 3 aromatic carbocycles. The first-order valence-electron chi connectivity index (χ1n) is 9.45. The molecule has 30 heavy (non-hydrogen) atoms. The number of anilines is 1. The normalized spacial score (nSPS) is 10.6. The van der Waals surface area contributed by atoms with Gasteiger partial charge in [-0.1, -0.05) is 30.3 Å². The van der Waals surface area contributed by atoms with Gasteiger partial charge in [-0.3, -0.25) is 10.1 Å². The smallest absolute Gasteiger partial charge is 0.257 e. The Balaban J connectivity index is 1.69. The van der Waals surface area contributed by atoms with E-state index in [4.69, 9.17) is 4.74 Å². The molecule has 1 N–H and O–H groups in total. The number of amides is 1. The second-order valence-electron chi connectivity index (χ2n) is 6.73. The SMILES string of the molecule is COc1ccc(-c2cnc(NC(=O)c3ccc(F)cc3)n2Cc2ccccc2)cc1. The maximum Gasteiger partial charge on any atom is 0.257 e. The molecule has 0 aliphatic rings. The van der Waals surface area contributed by atoms with Gasteiger partial charge in [0.2, 0.25) is 5.95 Å². The van der Waals surface area contributed by atoms with Gasteiger partial charge in [-0.15, -0.1) is 0 Å². The number of carbonyl (C=O) groups excluding carboxylic acids is 1. The van der Waals surface area contributed by atoms with Crippen molar-refractivity contribution < 1.29 is 13.9 Å². The van der Waals surface area contributed by atoms with E-state index in [2.05, 4.69) is 10.3 Å². The molecule has 1 heterocycles. The Morgan fingerprint density at radius 3 is 2.37 bits per heavy atom. The molecule has 150 valence electrons. The average Bonchev–Trinajstić information content (AvgIpc) is 3.17. The first-order valence-corrected chi connectivity index (χ1v) is 9.45. The Bertz CT molecular complexity index is 1140. The highest BCUT2D eigenvalue weighted by atomic mass is 19.1. The Hall–Kier alpha value is -3.93. The van der Waals surface area contributed by atoms with Gasteiger partial charge in [-0.2, -0.15) is 0 Å². The van der Waals surface area contributed by atoms with E-state index >= 15 is 0 Å². The molecule has 4 rings (SSSR count). The summed E-state index contributed by atoms with van der Waals surface area (Å²) in [6.45, 7) is 0.529. The Kier molecular flexibility index (Phi) is 5.57. The van der Waals surface area contributed by atoms with Crippen molar-refractivity contribution >= 4 is 11.9 Å². The van der Waals surface area contributed by atoms with Gasteiger partial charge in [0.05, 0.1) is 25.5 Å². The van der Waals surface area contributed by atoms with Gasteiger partial charge in [-0.05, 0) is 54.1 Å². The summed E-state index contributed by atoms with van der Waals surface area (Å²) in [7, 11) is 1.62. The van der Waals surface area contributed by atoms with Crippen LogP contribution in [0.5, 0.6) is 5.75 Å². The van der Waals surface area contributed by atoms with Crippen molar-refractivity contribution in [2.75, 3.05) is 12.4 Å². The summed E-state index contributed by atoms with van der Waals surface area (Å²) in [6, 6.07) is 23.0. The van der Waals surface area contributed by atoms with Crippen molar-refractivity contribution in [2.24, 2.45) is 0 Å². The molecule has 0 saturated carbocycles. The molecule has 0 saturated heterocycles. The number of benzene rings is 3. The van der Waals surface area contributed by atoms with E-state index in [9.17, 15) is 9.18 Å². The quantitative estimate of drug-likeness (QED) is 0.495. The lowest BCUT2D eigenvalue weighted by Gasteiger charge is -2.13. The zero-order valence-electron chi connectivity index (χ0n) is 16.4. The summed E-state index contributed by atoms with van der Waals surface area (Å²) in [4.78, 5) is 17.1. The maximum atomic E-state index is 13.2. The van der Waals surface area contributed by atoms with Crippen LogP contribution in [-0.2, 0) is 6.54 Å². The number of halogens is 1. The molecular weight excluding hydrogens is 381 g/mol. The Labute approximate surface area is 173 Å². The number of methoxy groups -OCH3 is 1. The van der Waals surface area contributed by atoms with Crippen LogP contribution in [0.4, 0.5) is 10.3 Å². The largest absolute Gasteiger partial charge is 0.497 e. The fourth-order valence-electron chi connectivity index (χ4n) is 3.17. The van der Waals surface area contributed by atoms with Crippen molar-refractivity contribution in [2.45, 2.75) is 6.54 Å². The average molecular weight is 401 g/mol.